The summed E-state index contributed by atoms with van der Waals surface area (Å²) in [5.74, 6) is -6.20. The summed E-state index contributed by atoms with van der Waals surface area (Å²) in [6.07, 6.45) is -0.604. The average Bonchev–Trinajstić information content (AvgIpc) is 3.03. The number of carbonyl (C=O) groups excluding carboxylic acids is 4. The number of benzene rings is 3. The number of rotatable bonds is 6. The van der Waals surface area contributed by atoms with Crippen LogP contribution in [0.3, 0.4) is 0 Å². The Hall–Kier alpha value is -5.66. The van der Waals surface area contributed by atoms with Crippen molar-refractivity contribution in [1.82, 2.24) is 4.90 Å². The Morgan fingerprint density at radius 3 is 2.21 bits per heavy atom. The summed E-state index contributed by atoms with van der Waals surface area (Å²) in [6, 6.07) is 15.1. The number of phenols is 1. The van der Waals surface area contributed by atoms with Gasteiger partial charge in [0.05, 0.1) is 18.7 Å². The first-order valence-electron chi connectivity index (χ1n) is 15.0. The van der Waals surface area contributed by atoms with E-state index in [2.05, 4.69) is 5.32 Å². The fourth-order valence-electron chi connectivity index (χ4n) is 7.14. The molecule has 3 aromatic rings. The molecule has 3 aliphatic carbocycles. The molecule has 0 unspecified atom stereocenters. The molecule has 0 aliphatic heterocycles. The third-order valence-corrected chi connectivity index (χ3v) is 9.32. The van der Waals surface area contributed by atoms with Crippen LogP contribution in [0.4, 0.5) is 10.5 Å². The van der Waals surface area contributed by atoms with E-state index in [-0.39, 0.29) is 29.7 Å². The summed E-state index contributed by atoms with van der Waals surface area (Å²) in [5, 5.41) is 47.8. The molecule has 0 aromatic heterocycles. The monoisotopic (exact) mass is 655 g/mol. The molecule has 3 aromatic carbocycles. The van der Waals surface area contributed by atoms with Gasteiger partial charge in [-0.15, -0.1) is 0 Å². The highest BCUT2D eigenvalue weighted by atomic mass is 16.6. The topological polar surface area (TPSA) is 209 Å². The Morgan fingerprint density at radius 2 is 1.60 bits per heavy atom. The molecule has 0 spiro atoms. The van der Waals surface area contributed by atoms with Crippen LogP contribution in [0, 0.1) is 11.8 Å². The predicted molar refractivity (Wildman–Crippen MR) is 172 cm³/mol. The van der Waals surface area contributed by atoms with Gasteiger partial charge in [0.1, 0.15) is 34.3 Å². The molecule has 0 radical (unpaired) electrons. The van der Waals surface area contributed by atoms with Gasteiger partial charge in [-0.2, -0.15) is 0 Å². The average molecular weight is 656 g/mol. The molecular formula is C35H33N3O10. The van der Waals surface area contributed by atoms with E-state index in [1.807, 2.05) is 0 Å². The zero-order chi connectivity index (χ0) is 34.7. The van der Waals surface area contributed by atoms with Crippen molar-refractivity contribution < 1.29 is 49.1 Å². The van der Waals surface area contributed by atoms with E-state index >= 15 is 0 Å². The van der Waals surface area contributed by atoms with Gasteiger partial charge in [-0.25, -0.2) is 4.79 Å². The summed E-state index contributed by atoms with van der Waals surface area (Å²) in [6.45, 7) is 0. The molecule has 7 N–H and O–H groups in total. The molecule has 48 heavy (non-hydrogen) atoms. The number of ether oxygens (including phenoxy) is 2. The number of fused-ring (bicyclic) bond motifs is 3. The molecule has 13 nitrogen and oxygen atoms in total. The van der Waals surface area contributed by atoms with Crippen LogP contribution in [0.15, 0.2) is 77.6 Å². The lowest BCUT2D eigenvalue weighted by molar-refractivity contribution is -0.153. The number of anilines is 1. The first kappa shape index (κ1) is 32.3. The zero-order valence-corrected chi connectivity index (χ0v) is 26.2. The van der Waals surface area contributed by atoms with E-state index in [0.717, 1.165) is 0 Å². The first-order valence-corrected chi connectivity index (χ1v) is 15.0. The molecule has 13 heteroatoms. The molecule has 0 bridgehead atoms. The lowest BCUT2D eigenvalue weighted by Gasteiger charge is -2.50. The maximum atomic E-state index is 14.0. The Bertz CT molecular complexity index is 1930. The molecule has 2 amide bonds. The second-order valence-electron chi connectivity index (χ2n) is 12.2. The second-order valence-corrected chi connectivity index (χ2v) is 12.2. The summed E-state index contributed by atoms with van der Waals surface area (Å²) >= 11 is 0. The summed E-state index contributed by atoms with van der Waals surface area (Å²) in [4.78, 5) is 53.5. The van der Waals surface area contributed by atoms with Gasteiger partial charge in [-0.3, -0.25) is 24.6 Å². The van der Waals surface area contributed by atoms with Crippen LogP contribution in [0.5, 0.6) is 17.2 Å². The van der Waals surface area contributed by atoms with Crippen LogP contribution in [0.1, 0.15) is 17.5 Å². The fraction of sp³-hybridized carbons (Fsp3) is 0.257. The van der Waals surface area contributed by atoms with Crippen molar-refractivity contribution in [1.29, 1.82) is 0 Å². The number of nitrogens with zero attached hydrogens (tertiary/aromatic N) is 1. The molecule has 3 aliphatic rings. The van der Waals surface area contributed by atoms with Crippen LogP contribution in [-0.2, 0) is 20.8 Å². The lowest BCUT2D eigenvalue weighted by Crippen LogP contribution is -2.65. The van der Waals surface area contributed by atoms with E-state index in [4.69, 9.17) is 15.2 Å². The maximum absolute atomic E-state index is 14.0. The van der Waals surface area contributed by atoms with Crippen molar-refractivity contribution in [3.8, 4) is 28.4 Å². The smallest absolute Gasteiger partial charge is 0.417 e. The molecule has 0 heterocycles. The lowest BCUT2D eigenvalue weighted by atomic mass is 9.57. The number of nitrogens with one attached hydrogen (secondary N) is 1. The van der Waals surface area contributed by atoms with E-state index in [1.54, 1.807) is 68.7 Å². The third-order valence-electron chi connectivity index (χ3n) is 9.32. The molecule has 1 fully saturated rings. The van der Waals surface area contributed by atoms with Crippen LogP contribution in [-0.4, -0.2) is 81.7 Å². The summed E-state index contributed by atoms with van der Waals surface area (Å²) in [7, 11) is 4.61. The van der Waals surface area contributed by atoms with Gasteiger partial charge in [0.2, 0.25) is 5.78 Å². The number of Topliss-reactive ketones (excluding diaryl/α,β-unsaturated/α-hetero) is 2. The van der Waals surface area contributed by atoms with E-state index in [9.17, 15) is 39.6 Å². The number of aromatic hydroxyl groups is 1. The highest BCUT2D eigenvalue weighted by Gasteiger charge is 2.64. The minimum atomic E-state index is -2.71. The van der Waals surface area contributed by atoms with Crippen molar-refractivity contribution in [2.75, 3.05) is 26.5 Å². The van der Waals surface area contributed by atoms with Gasteiger partial charge in [0.25, 0.3) is 5.91 Å². The number of phenolic OH excluding ortho intramolecular Hbond substituents is 1. The van der Waals surface area contributed by atoms with Crippen molar-refractivity contribution in [3.63, 3.8) is 0 Å². The number of hydrogen-bond acceptors (Lipinski definition) is 11. The van der Waals surface area contributed by atoms with Crippen molar-refractivity contribution >= 4 is 35.0 Å². The molecule has 248 valence electrons. The Balaban J connectivity index is 1.34. The molecule has 0 saturated heterocycles. The number of aliphatic hydroxyl groups excluding tert-OH is 2. The molecule has 1 saturated carbocycles. The number of hydrogen-bond donors (Lipinski definition) is 6. The van der Waals surface area contributed by atoms with Gasteiger partial charge in [-0.05, 0) is 92.0 Å². The van der Waals surface area contributed by atoms with Crippen LogP contribution < -0.4 is 20.5 Å². The minimum absolute atomic E-state index is 0.0194. The van der Waals surface area contributed by atoms with E-state index in [0.29, 0.717) is 33.9 Å². The summed E-state index contributed by atoms with van der Waals surface area (Å²) < 4.78 is 10.4. The van der Waals surface area contributed by atoms with Crippen molar-refractivity contribution in [2.24, 2.45) is 17.6 Å². The maximum Gasteiger partial charge on any atom is 0.417 e. The standard InChI is InChI=1S/C35H33N3O10/c1-38(2)28-23-15-17-14-22-21(16-4-6-18(7-5-16)37-34(45)48-20-10-8-19(47-3)9-11-20)12-13-24(39)26(22)29(40)25(17)31(42)35(23,46)32(43)27(30(28)41)33(36)44/h4-13,17,23,28,39-40,43,46H,14-15H2,1-3H3,(H2,36,44)(H,37,45)/t17-,23-,28-,35-/m0/s1. The van der Waals surface area contributed by atoms with Crippen molar-refractivity contribution in [2.45, 2.75) is 24.5 Å². The molecular weight excluding hydrogens is 622 g/mol. The first-order chi connectivity index (χ1) is 22.8. The predicted octanol–water partition coefficient (Wildman–Crippen LogP) is 3.25. The van der Waals surface area contributed by atoms with Crippen LogP contribution in [0.2, 0.25) is 0 Å². The fourth-order valence-corrected chi connectivity index (χ4v) is 7.14. The zero-order valence-electron chi connectivity index (χ0n) is 26.2. The SMILES string of the molecule is COc1ccc(OC(=O)Nc2ccc(-c3ccc(O)c4c3C[C@H]3C[C@H]5[C@H](N(C)C)C(=O)C(C(N)=O)=C(O)[C@@]5(O)C(=O)C3=C4O)cc2)cc1. The third kappa shape index (κ3) is 5.04. The molecule has 4 atom stereocenters. The number of aliphatic hydroxyl groups is 3. The number of methoxy groups -OCH3 is 1. The Labute approximate surface area is 274 Å². The normalized spacial score (nSPS) is 23.3. The van der Waals surface area contributed by atoms with Gasteiger partial charge in [0.15, 0.2) is 11.4 Å². The number of amides is 2. The number of carbonyl (C=O) groups is 4. The minimum Gasteiger partial charge on any atom is -0.508 e. The van der Waals surface area contributed by atoms with E-state index in [1.165, 1.54) is 18.1 Å². The quantitative estimate of drug-likeness (QED) is 0.212. The molecule has 6 rings (SSSR count). The Morgan fingerprint density at radius 1 is 0.958 bits per heavy atom. The number of likely N-dealkylation sites (N-methyl/N-ethyl adjacent to an activating group) is 1. The highest BCUT2D eigenvalue weighted by Crippen LogP contribution is 2.53. The van der Waals surface area contributed by atoms with Gasteiger partial charge >= 0.3 is 6.09 Å². The Kier molecular flexibility index (Phi) is 7.97. The number of ketones is 2. The van der Waals surface area contributed by atoms with Crippen LogP contribution >= 0.6 is 0 Å². The largest absolute Gasteiger partial charge is 0.508 e. The van der Waals surface area contributed by atoms with Gasteiger partial charge in [-0.1, -0.05) is 18.2 Å². The van der Waals surface area contributed by atoms with Crippen molar-refractivity contribution in [3.05, 3.63) is 88.7 Å². The van der Waals surface area contributed by atoms with Gasteiger partial charge < -0.3 is 35.6 Å². The van der Waals surface area contributed by atoms with E-state index < -0.39 is 64.1 Å². The number of nitrogens with two attached hydrogens (primary N) is 1. The highest BCUT2D eigenvalue weighted by molar-refractivity contribution is 6.24. The number of primary amides is 1. The van der Waals surface area contributed by atoms with Crippen LogP contribution in [0.25, 0.3) is 16.9 Å². The van der Waals surface area contributed by atoms with Gasteiger partial charge in [0, 0.05) is 17.2 Å². The summed E-state index contributed by atoms with van der Waals surface area (Å²) in [5.41, 5.74) is 3.79. The second kappa shape index (κ2) is 11.9.